The molecule has 3 aromatic rings. The van der Waals surface area contributed by atoms with Gasteiger partial charge in [0.15, 0.2) is 5.13 Å². The molecular formula is C19H15FN4O3S. The molecule has 142 valence electrons. The lowest BCUT2D eigenvalue weighted by atomic mass is 10.1. The van der Waals surface area contributed by atoms with Crippen molar-refractivity contribution < 1.29 is 14.1 Å². The number of amides is 1. The lowest BCUT2D eigenvalue weighted by molar-refractivity contribution is -0.384. The highest BCUT2D eigenvalue weighted by Crippen LogP contribution is 2.32. The number of anilines is 2. The van der Waals surface area contributed by atoms with E-state index in [9.17, 15) is 19.3 Å². The zero-order valence-corrected chi connectivity index (χ0v) is 15.3. The van der Waals surface area contributed by atoms with Gasteiger partial charge in [-0.1, -0.05) is 12.1 Å². The molecule has 9 heteroatoms. The van der Waals surface area contributed by atoms with Crippen LogP contribution in [0.2, 0.25) is 0 Å². The summed E-state index contributed by atoms with van der Waals surface area (Å²) in [4.78, 5) is 27.6. The Kier molecular flexibility index (Phi) is 4.74. The van der Waals surface area contributed by atoms with Crippen molar-refractivity contribution in [1.29, 1.82) is 0 Å². The number of hydrogen-bond donors (Lipinski definition) is 2. The fourth-order valence-corrected chi connectivity index (χ4v) is 3.39. The molecule has 1 fully saturated rings. The van der Waals surface area contributed by atoms with Crippen molar-refractivity contribution in [3.63, 3.8) is 0 Å². The minimum Gasteiger partial charge on any atom is -0.377 e. The number of aromatic nitrogens is 1. The predicted octanol–water partition coefficient (Wildman–Crippen LogP) is 4.68. The van der Waals surface area contributed by atoms with Crippen molar-refractivity contribution in [3.05, 3.63) is 69.3 Å². The zero-order valence-electron chi connectivity index (χ0n) is 14.5. The van der Waals surface area contributed by atoms with Crippen LogP contribution in [0.3, 0.4) is 0 Å². The van der Waals surface area contributed by atoms with E-state index in [4.69, 9.17) is 0 Å². The van der Waals surface area contributed by atoms with E-state index < -0.39 is 10.8 Å². The van der Waals surface area contributed by atoms with Crippen LogP contribution in [0.25, 0.3) is 11.3 Å². The minimum atomic E-state index is -0.507. The van der Waals surface area contributed by atoms with Gasteiger partial charge < -0.3 is 5.32 Å². The third-order valence-corrected chi connectivity index (χ3v) is 5.00. The Bertz CT molecular complexity index is 1060. The molecule has 0 spiro atoms. The molecular weight excluding hydrogens is 383 g/mol. The summed E-state index contributed by atoms with van der Waals surface area (Å²) in [6.07, 6.45) is 1.97. The Labute approximate surface area is 163 Å². The Morgan fingerprint density at radius 1 is 1.25 bits per heavy atom. The average molecular weight is 398 g/mol. The number of rotatable bonds is 6. The van der Waals surface area contributed by atoms with E-state index in [0.29, 0.717) is 22.1 Å². The van der Waals surface area contributed by atoms with Crippen molar-refractivity contribution >= 4 is 33.8 Å². The molecule has 1 aliphatic rings. The molecule has 0 unspecified atom stereocenters. The first-order chi connectivity index (χ1) is 13.5. The van der Waals surface area contributed by atoms with Crippen LogP contribution in [-0.2, 0) is 0 Å². The van der Waals surface area contributed by atoms with Crippen LogP contribution in [0.1, 0.15) is 23.2 Å². The predicted molar refractivity (Wildman–Crippen MR) is 105 cm³/mol. The number of hydrogen-bond acceptors (Lipinski definition) is 6. The van der Waals surface area contributed by atoms with Crippen LogP contribution >= 0.6 is 11.3 Å². The average Bonchev–Trinajstić information content (AvgIpc) is 3.36. The Morgan fingerprint density at radius 3 is 2.79 bits per heavy atom. The van der Waals surface area contributed by atoms with Gasteiger partial charge in [0.1, 0.15) is 11.5 Å². The number of halogens is 1. The van der Waals surface area contributed by atoms with Gasteiger partial charge in [-0.25, -0.2) is 9.37 Å². The van der Waals surface area contributed by atoms with E-state index in [0.717, 1.165) is 12.8 Å². The summed E-state index contributed by atoms with van der Waals surface area (Å²) in [6.45, 7) is 0. The van der Waals surface area contributed by atoms with E-state index >= 15 is 0 Å². The lowest BCUT2D eigenvalue weighted by Crippen LogP contribution is -2.13. The number of nitrogens with one attached hydrogen (secondary N) is 2. The fraction of sp³-hybridized carbons (Fsp3) is 0.158. The molecule has 2 aromatic carbocycles. The molecule has 0 aliphatic heterocycles. The summed E-state index contributed by atoms with van der Waals surface area (Å²) < 4.78 is 13.4. The number of thiazole rings is 1. The SMILES string of the molecule is O=C(Nc1nc(-c2cccc(F)c2)cs1)c1ccc(NC2CC2)c([N+](=O)[O-])c1. The van der Waals surface area contributed by atoms with Crippen molar-refractivity contribution in [2.24, 2.45) is 0 Å². The van der Waals surface area contributed by atoms with Gasteiger partial charge in [-0.2, -0.15) is 0 Å². The Morgan fingerprint density at radius 2 is 2.07 bits per heavy atom. The van der Waals surface area contributed by atoms with Gasteiger partial charge in [0.25, 0.3) is 11.6 Å². The van der Waals surface area contributed by atoms with Gasteiger partial charge in [0.05, 0.1) is 10.6 Å². The summed E-state index contributed by atoms with van der Waals surface area (Å²) in [5.41, 5.74) is 1.57. The number of nitro benzene ring substituents is 1. The monoisotopic (exact) mass is 398 g/mol. The molecule has 28 heavy (non-hydrogen) atoms. The normalized spacial score (nSPS) is 13.2. The number of nitrogens with zero attached hydrogens (tertiary/aromatic N) is 2. The fourth-order valence-electron chi connectivity index (χ4n) is 2.67. The molecule has 0 radical (unpaired) electrons. The first-order valence-corrected chi connectivity index (χ1v) is 9.45. The molecule has 0 bridgehead atoms. The highest BCUT2D eigenvalue weighted by molar-refractivity contribution is 7.14. The quantitative estimate of drug-likeness (QED) is 0.464. The van der Waals surface area contributed by atoms with Crippen molar-refractivity contribution in [2.75, 3.05) is 10.6 Å². The molecule has 1 aliphatic carbocycles. The summed E-state index contributed by atoms with van der Waals surface area (Å²) in [5, 5.41) is 19.1. The van der Waals surface area contributed by atoms with E-state index in [-0.39, 0.29) is 23.1 Å². The van der Waals surface area contributed by atoms with Crippen molar-refractivity contribution in [2.45, 2.75) is 18.9 Å². The molecule has 0 saturated heterocycles. The third-order valence-electron chi connectivity index (χ3n) is 4.24. The first kappa shape index (κ1) is 18.1. The summed E-state index contributed by atoms with van der Waals surface area (Å²) in [7, 11) is 0. The Balaban J connectivity index is 1.52. The highest BCUT2D eigenvalue weighted by atomic mass is 32.1. The number of nitro groups is 1. The maximum Gasteiger partial charge on any atom is 0.293 e. The molecule has 7 nitrogen and oxygen atoms in total. The molecule has 0 atom stereocenters. The number of carbonyl (C=O) groups is 1. The molecule has 1 saturated carbocycles. The first-order valence-electron chi connectivity index (χ1n) is 8.57. The van der Waals surface area contributed by atoms with Crippen LogP contribution in [0.15, 0.2) is 47.8 Å². The second kappa shape index (κ2) is 7.35. The lowest BCUT2D eigenvalue weighted by Gasteiger charge is -2.07. The van der Waals surface area contributed by atoms with Gasteiger partial charge >= 0.3 is 0 Å². The van der Waals surface area contributed by atoms with Gasteiger partial charge in [-0.05, 0) is 37.1 Å². The minimum absolute atomic E-state index is 0.140. The van der Waals surface area contributed by atoms with Crippen molar-refractivity contribution in [1.82, 2.24) is 4.98 Å². The maximum absolute atomic E-state index is 13.4. The van der Waals surface area contributed by atoms with Gasteiger partial charge in [-0.3, -0.25) is 20.2 Å². The van der Waals surface area contributed by atoms with E-state index in [1.165, 1.54) is 35.6 Å². The van der Waals surface area contributed by atoms with E-state index in [2.05, 4.69) is 15.6 Å². The third kappa shape index (κ3) is 3.99. The summed E-state index contributed by atoms with van der Waals surface area (Å²) in [5.74, 6) is -0.871. The molecule has 4 rings (SSSR count). The second-order valence-corrected chi connectivity index (χ2v) is 7.27. The van der Waals surface area contributed by atoms with Crippen LogP contribution in [0, 0.1) is 15.9 Å². The smallest absolute Gasteiger partial charge is 0.293 e. The van der Waals surface area contributed by atoms with Gasteiger partial charge in [-0.15, -0.1) is 11.3 Å². The van der Waals surface area contributed by atoms with Crippen LogP contribution in [0.5, 0.6) is 0 Å². The Hall–Kier alpha value is -3.33. The molecule has 1 amide bonds. The molecule has 2 N–H and O–H groups in total. The van der Waals surface area contributed by atoms with Crippen LogP contribution in [-0.4, -0.2) is 21.9 Å². The highest BCUT2D eigenvalue weighted by Gasteiger charge is 2.25. The van der Waals surface area contributed by atoms with Crippen LogP contribution < -0.4 is 10.6 Å². The van der Waals surface area contributed by atoms with Gasteiger partial charge in [0, 0.05) is 28.6 Å². The summed E-state index contributed by atoms with van der Waals surface area (Å²) in [6, 6.07) is 10.6. The standard InChI is InChI=1S/C19H15FN4O3S/c20-13-3-1-2-11(8-13)16-10-28-19(22-16)23-18(25)12-4-7-15(21-14-5-6-14)17(9-12)24(26)27/h1-4,7-10,14,21H,5-6H2,(H,22,23,25). The second-order valence-electron chi connectivity index (χ2n) is 6.41. The largest absolute Gasteiger partial charge is 0.377 e. The van der Waals surface area contributed by atoms with Crippen LogP contribution in [0.4, 0.5) is 20.9 Å². The molecule has 1 aromatic heterocycles. The van der Waals surface area contributed by atoms with E-state index in [1.807, 2.05) is 0 Å². The van der Waals surface area contributed by atoms with E-state index in [1.54, 1.807) is 23.6 Å². The van der Waals surface area contributed by atoms with Crippen molar-refractivity contribution in [3.8, 4) is 11.3 Å². The summed E-state index contributed by atoms with van der Waals surface area (Å²) >= 11 is 1.19. The maximum atomic E-state index is 13.4. The number of carbonyl (C=O) groups excluding carboxylic acids is 1. The van der Waals surface area contributed by atoms with Gasteiger partial charge in [0.2, 0.25) is 0 Å². The number of benzene rings is 2. The zero-order chi connectivity index (χ0) is 19.7. The molecule has 1 heterocycles. The topological polar surface area (TPSA) is 97.2 Å².